The third-order valence-corrected chi connectivity index (χ3v) is 3.99. The first-order valence-electron chi connectivity index (χ1n) is 6.52. The molecule has 0 amide bonds. The lowest BCUT2D eigenvalue weighted by Gasteiger charge is -2.19. The highest BCUT2D eigenvalue weighted by Crippen LogP contribution is 2.23. The van der Waals surface area contributed by atoms with E-state index in [9.17, 15) is 8.42 Å². The average molecular weight is 281 g/mol. The summed E-state index contributed by atoms with van der Waals surface area (Å²) in [5, 5.41) is 3.44. The lowest BCUT2D eigenvalue weighted by Crippen LogP contribution is -2.22. The molecule has 1 aromatic carbocycles. The molecule has 1 rings (SSSR count). The van der Waals surface area contributed by atoms with Crippen LogP contribution in [-0.2, 0) is 9.84 Å². The number of hydrogen-bond donors (Lipinski definition) is 1. The Morgan fingerprint density at radius 1 is 1.42 bits per heavy atom. The molecule has 106 valence electrons. The van der Waals surface area contributed by atoms with Crippen LogP contribution in [0, 0.1) is 0 Å². The van der Waals surface area contributed by atoms with Gasteiger partial charge in [0.05, 0.1) is 4.90 Å². The molecule has 0 saturated carbocycles. The SMILES string of the molecule is C=C(C)CC(NCCC)c1cccc(S(C)(=O)=O)c1. The quantitative estimate of drug-likeness (QED) is 0.781. The fraction of sp³-hybridized carbons (Fsp3) is 0.467. The van der Waals surface area contributed by atoms with Gasteiger partial charge in [-0.05, 0) is 44.0 Å². The summed E-state index contributed by atoms with van der Waals surface area (Å²) < 4.78 is 23.2. The lowest BCUT2D eigenvalue weighted by molar-refractivity contribution is 0.527. The Balaban J connectivity index is 3.04. The number of hydrogen-bond acceptors (Lipinski definition) is 3. The summed E-state index contributed by atoms with van der Waals surface area (Å²) in [7, 11) is -3.16. The molecule has 0 radical (unpaired) electrons. The van der Waals surface area contributed by atoms with Crippen LogP contribution in [0.25, 0.3) is 0 Å². The summed E-state index contributed by atoms with van der Waals surface area (Å²) in [6, 6.07) is 7.27. The molecule has 1 aromatic rings. The second-order valence-electron chi connectivity index (χ2n) is 5.01. The van der Waals surface area contributed by atoms with Gasteiger partial charge in [0.2, 0.25) is 0 Å². The van der Waals surface area contributed by atoms with Crippen molar-refractivity contribution in [3.05, 3.63) is 42.0 Å². The molecule has 1 atom stereocenters. The Morgan fingerprint density at radius 2 is 2.11 bits per heavy atom. The molecule has 0 fully saturated rings. The van der Waals surface area contributed by atoms with Crippen LogP contribution in [-0.4, -0.2) is 21.2 Å². The van der Waals surface area contributed by atoms with Crippen molar-refractivity contribution in [3.63, 3.8) is 0 Å². The molecule has 0 spiro atoms. The first kappa shape index (κ1) is 15.9. The number of nitrogens with one attached hydrogen (secondary N) is 1. The van der Waals surface area contributed by atoms with E-state index < -0.39 is 9.84 Å². The van der Waals surface area contributed by atoms with Crippen molar-refractivity contribution in [2.75, 3.05) is 12.8 Å². The Morgan fingerprint density at radius 3 is 2.63 bits per heavy atom. The van der Waals surface area contributed by atoms with E-state index in [4.69, 9.17) is 0 Å². The predicted molar refractivity (Wildman–Crippen MR) is 80.0 cm³/mol. The van der Waals surface area contributed by atoms with E-state index in [0.717, 1.165) is 30.5 Å². The van der Waals surface area contributed by atoms with Gasteiger partial charge in [0.15, 0.2) is 9.84 Å². The van der Waals surface area contributed by atoms with Crippen molar-refractivity contribution in [1.29, 1.82) is 0 Å². The third kappa shape index (κ3) is 5.17. The molecule has 0 aliphatic heterocycles. The second-order valence-corrected chi connectivity index (χ2v) is 7.03. The molecule has 1 N–H and O–H groups in total. The molecule has 19 heavy (non-hydrogen) atoms. The molecule has 4 heteroatoms. The molecule has 1 unspecified atom stereocenters. The lowest BCUT2D eigenvalue weighted by atomic mass is 10.0. The van der Waals surface area contributed by atoms with Crippen LogP contribution in [0.4, 0.5) is 0 Å². The third-order valence-electron chi connectivity index (χ3n) is 2.88. The fourth-order valence-electron chi connectivity index (χ4n) is 1.94. The summed E-state index contributed by atoms with van der Waals surface area (Å²) in [5.41, 5.74) is 2.08. The molecule has 0 heterocycles. The van der Waals surface area contributed by atoms with Crippen molar-refractivity contribution < 1.29 is 8.42 Å². The van der Waals surface area contributed by atoms with Crippen LogP contribution in [0.15, 0.2) is 41.3 Å². The van der Waals surface area contributed by atoms with E-state index >= 15 is 0 Å². The maximum absolute atomic E-state index is 11.6. The van der Waals surface area contributed by atoms with Gasteiger partial charge in [0.1, 0.15) is 0 Å². The zero-order valence-electron chi connectivity index (χ0n) is 11.9. The first-order valence-corrected chi connectivity index (χ1v) is 8.41. The number of benzene rings is 1. The molecule has 0 bridgehead atoms. The van der Waals surface area contributed by atoms with Gasteiger partial charge in [-0.1, -0.05) is 24.6 Å². The van der Waals surface area contributed by atoms with Gasteiger partial charge in [0, 0.05) is 12.3 Å². The van der Waals surface area contributed by atoms with Crippen LogP contribution < -0.4 is 5.32 Å². The largest absolute Gasteiger partial charge is 0.310 e. The molecule has 0 aliphatic rings. The summed E-state index contributed by atoms with van der Waals surface area (Å²) in [5.74, 6) is 0. The van der Waals surface area contributed by atoms with Crippen LogP contribution in [0.5, 0.6) is 0 Å². The van der Waals surface area contributed by atoms with Crippen molar-refractivity contribution in [1.82, 2.24) is 5.32 Å². The number of sulfone groups is 1. The van der Waals surface area contributed by atoms with E-state index in [1.165, 1.54) is 6.26 Å². The predicted octanol–water partition coefficient (Wildman–Crippen LogP) is 3.10. The molecule has 0 aliphatic carbocycles. The van der Waals surface area contributed by atoms with Gasteiger partial charge >= 0.3 is 0 Å². The van der Waals surface area contributed by atoms with Gasteiger partial charge in [0.25, 0.3) is 0 Å². The average Bonchev–Trinajstić information content (AvgIpc) is 2.33. The van der Waals surface area contributed by atoms with E-state index in [0.29, 0.717) is 4.90 Å². The maximum atomic E-state index is 11.6. The Kier molecular flexibility index (Phi) is 5.76. The highest BCUT2D eigenvalue weighted by atomic mass is 32.2. The van der Waals surface area contributed by atoms with Crippen molar-refractivity contribution in [3.8, 4) is 0 Å². The standard InChI is InChI=1S/C15H23NO2S/c1-5-9-16-15(10-12(2)3)13-7-6-8-14(11-13)19(4,17)18/h6-8,11,15-16H,2,5,9-10H2,1,3-4H3. The summed E-state index contributed by atoms with van der Waals surface area (Å²) in [6.45, 7) is 8.94. The molecule has 0 saturated heterocycles. The van der Waals surface area contributed by atoms with E-state index in [-0.39, 0.29) is 6.04 Å². The minimum absolute atomic E-state index is 0.124. The second kappa shape index (κ2) is 6.87. The van der Waals surface area contributed by atoms with E-state index in [1.54, 1.807) is 18.2 Å². The monoisotopic (exact) mass is 281 g/mol. The minimum Gasteiger partial charge on any atom is -0.310 e. The van der Waals surface area contributed by atoms with Crippen LogP contribution in [0.2, 0.25) is 0 Å². The molecule has 0 aromatic heterocycles. The van der Waals surface area contributed by atoms with Crippen LogP contribution in [0.1, 0.15) is 38.3 Å². The molecular weight excluding hydrogens is 258 g/mol. The van der Waals surface area contributed by atoms with Gasteiger partial charge in [-0.25, -0.2) is 8.42 Å². The summed E-state index contributed by atoms with van der Waals surface area (Å²) >= 11 is 0. The van der Waals surface area contributed by atoms with Crippen molar-refractivity contribution >= 4 is 9.84 Å². The first-order chi connectivity index (χ1) is 8.84. The maximum Gasteiger partial charge on any atom is 0.175 e. The Labute approximate surface area is 116 Å². The summed E-state index contributed by atoms with van der Waals surface area (Å²) in [4.78, 5) is 0.370. The fourth-order valence-corrected chi connectivity index (χ4v) is 2.61. The normalized spacial score (nSPS) is 13.2. The van der Waals surface area contributed by atoms with Gasteiger partial charge in [-0.3, -0.25) is 0 Å². The van der Waals surface area contributed by atoms with Gasteiger partial charge < -0.3 is 5.32 Å². The summed E-state index contributed by atoms with van der Waals surface area (Å²) in [6.07, 6.45) is 3.09. The van der Waals surface area contributed by atoms with Crippen molar-refractivity contribution in [2.24, 2.45) is 0 Å². The highest BCUT2D eigenvalue weighted by Gasteiger charge is 2.14. The topological polar surface area (TPSA) is 46.2 Å². The minimum atomic E-state index is -3.16. The van der Waals surface area contributed by atoms with Crippen LogP contribution >= 0.6 is 0 Å². The zero-order chi connectivity index (χ0) is 14.5. The van der Waals surface area contributed by atoms with E-state index in [1.807, 2.05) is 13.0 Å². The molecular formula is C15H23NO2S. The van der Waals surface area contributed by atoms with E-state index in [2.05, 4.69) is 18.8 Å². The van der Waals surface area contributed by atoms with Crippen LogP contribution in [0.3, 0.4) is 0 Å². The Bertz CT molecular complexity index is 535. The Hall–Kier alpha value is -1.13. The highest BCUT2D eigenvalue weighted by molar-refractivity contribution is 7.90. The van der Waals surface area contributed by atoms with Crippen molar-refractivity contribution in [2.45, 2.75) is 37.6 Å². The number of rotatable bonds is 7. The van der Waals surface area contributed by atoms with Gasteiger partial charge in [-0.2, -0.15) is 0 Å². The smallest absolute Gasteiger partial charge is 0.175 e. The van der Waals surface area contributed by atoms with Gasteiger partial charge in [-0.15, -0.1) is 6.58 Å². The zero-order valence-corrected chi connectivity index (χ0v) is 12.8. The molecule has 3 nitrogen and oxygen atoms in total.